The molecule has 3 rings (SSSR count). The summed E-state index contributed by atoms with van der Waals surface area (Å²) in [5, 5.41) is 12.8. The molecule has 122 valence electrons. The van der Waals surface area contributed by atoms with Crippen molar-refractivity contribution >= 4 is 17.7 Å². The Morgan fingerprint density at radius 2 is 2.00 bits per heavy atom. The summed E-state index contributed by atoms with van der Waals surface area (Å²) in [6, 6.07) is 0.409. The number of nitrogens with one attached hydrogen (secondary N) is 1. The standard InChI is InChI=1S/C16H26N4OS/c1-2-20-15(12-8-9-12)18-19-16(20)22-11-10-14(21)17-13-6-4-3-5-7-13/h12-13H,2-11H2,1H3,(H,17,21). The zero-order valence-corrected chi connectivity index (χ0v) is 14.2. The summed E-state index contributed by atoms with van der Waals surface area (Å²) in [6.45, 7) is 3.05. The first kappa shape index (κ1) is 15.8. The Kier molecular flexibility index (Phi) is 5.39. The van der Waals surface area contributed by atoms with Gasteiger partial charge in [0, 0.05) is 30.7 Å². The summed E-state index contributed by atoms with van der Waals surface area (Å²) in [5.74, 6) is 2.72. The minimum absolute atomic E-state index is 0.185. The van der Waals surface area contributed by atoms with Gasteiger partial charge in [-0.15, -0.1) is 10.2 Å². The largest absolute Gasteiger partial charge is 0.353 e. The lowest BCUT2D eigenvalue weighted by atomic mass is 9.95. The molecule has 0 atom stereocenters. The summed E-state index contributed by atoms with van der Waals surface area (Å²) >= 11 is 1.66. The number of amides is 1. The third-order valence-corrected chi connectivity index (χ3v) is 5.50. The quantitative estimate of drug-likeness (QED) is 0.784. The molecule has 2 saturated carbocycles. The van der Waals surface area contributed by atoms with Crippen LogP contribution in [-0.2, 0) is 11.3 Å². The first-order chi connectivity index (χ1) is 10.8. The maximum atomic E-state index is 12.0. The second-order valence-electron chi connectivity index (χ2n) is 6.36. The van der Waals surface area contributed by atoms with Crippen molar-refractivity contribution in [3.05, 3.63) is 5.82 Å². The van der Waals surface area contributed by atoms with E-state index in [0.29, 0.717) is 18.4 Å². The summed E-state index contributed by atoms with van der Waals surface area (Å²) < 4.78 is 2.21. The summed E-state index contributed by atoms with van der Waals surface area (Å²) in [5.41, 5.74) is 0. The van der Waals surface area contributed by atoms with Crippen LogP contribution in [0.1, 0.15) is 70.0 Å². The highest BCUT2D eigenvalue weighted by atomic mass is 32.2. The van der Waals surface area contributed by atoms with Gasteiger partial charge in [0.2, 0.25) is 5.91 Å². The van der Waals surface area contributed by atoms with Gasteiger partial charge in [0.15, 0.2) is 5.16 Å². The molecule has 1 heterocycles. The molecule has 0 radical (unpaired) electrons. The van der Waals surface area contributed by atoms with Crippen molar-refractivity contribution in [1.29, 1.82) is 0 Å². The number of carbonyl (C=O) groups is 1. The molecule has 0 unspecified atom stereocenters. The molecule has 22 heavy (non-hydrogen) atoms. The van der Waals surface area contributed by atoms with E-state index in [9.17, 15) is 4.79 Å². The zero-order valence-electron chi connectivity index (χ0n) is 13.4. The second-order valence-corrected chi connectivity index (χ2v) is 7.42. The highest BCUT2D eigenvalue weighted by Crippen LogP contribution is 2.40. The Morgan fingerprint density at radius 1 is 1.23 bits per heavy atom. The molecule has 6 heteroatoms. The van der Waals surface area contributed by atoms with Crippen LogP contribution in [0.3, 0.4) is 0 Å². The monoisotopic (exact) mass is 322 g/mol. The smallest absolute Gasteiger partial charge is 0.221 e. The van der Waals surface area contributed by atoms with Crippen molar-refractivity contribution in [2.75, 3.05) is 5.75 Å². The van der Waals surface area contributed by atoms with Gasteiger partial charge >= 0.3 is 0 Å². The van der Waals surface area contributed by atoms with Gasteiger partial charge in [-0.25, -0.2) is 0 Å². The molecular formula is C16H26N4OS. The molecule has 0 aliphatic heterocycles. The maximum absolute atomic E-state index is 12.0. The third kappa shape index (κ3) is 4.03. The fourth-order valence-electron chi connectivity index (χ4n) is 3.13. The van der Waals surface area contributed by atoms with Crippen molar-refractivity contribution < 1.29 is 4.79 Å². The number of hydrogen-bond donors (Lipinski definition) is 1. The molecule has 5 nitrogen and oxygen atoms in total. The second kappa shape index (κ2) is 7.49. The number of thioether (sulfide) groups is 1. The predicted molar refractivity (Wildman–Crippen MR) is 88.0 cm³/mol. The van der Waals surface area contributed by atoms with Crippen LogP contribution in [0.15, 0.2) is 5.16 Å². The molecule has 1 aromatic heterocycles. The van der Waals surface area contributed by atoms with Crippen LogP contribution in [-0.4, -0.2) is 32.5 Å². The Hall–Kier alpha value is -1.04. The molecule has 0 aromatic carbocycles. The lowest BCUT2D eigenvalue weighted by Crippen LogP contribution is -2.36. The van der Waals surface area contributed by atoms with E-state index in [4.69, 9.17) is 0 Å². The molecule has 1 N–H and O–H groups in total. The Balaban J connectivity index is 1.43. The number of aromatic nitrogens is 3. The van der Waals surface area contributed by atoms with E-state index >= 15 is 0 Å². The van der Waals surface area contributed by atoms with Crippen LogP contribution < -0.4 is 5.32 Å². The first-order valence-electron chi connectivity index (χ1n) is 8.63. The summed E-state index contributed by atoms with van der Waals surface area (Å²) in [6.07, 6.45) is 9.17. The molecule has 2 aliphatic rings. The SMILES string of the molecule is CCn1c(SCCC(=O)NC2CCCCC2)nnc1C1CC1. The fraction of sp³-hybridized carbons (Fsp3) is 0.812. The van der Waals surface area contributed by atoms with Gasteiger partial charge in [-0.1, -0.05) is 31.0 Å². The van der Waals surface area contributed by atoms with E-state index in [0.717, 1.165) is 36.1 Å². The number of rotatable bonds is 7. The number of nitrogens with zero attached hydrogens (tertiary/aromatic N) is 3. The molecule has 2 aliphatic carbocycles. The predicted octanol–water partition coefficient (Wildman–Crippen LogP) is 3.11. The van der Waals surface area contributed by atoms with Crippen molar-refractivity contribution in [2.45, 2.75) is 82.0 Å². The fourth-order valence-corrected chi connectivity index (χ4v) is 4.08. The first-order valence-corrected chi connectivity index (χ1v) is 9.61. The van der Waals surface area contributed by atoms with Gasteiger partial charge in [-0.3, -0.25) is 4.79 Å². The Labute approximate surface area is 136 Å². The van der Waals surface area contributed by atoms with E-state index in [1.165, 1.54) is 32.1 Å². The molecule has 1 amide bonds. The van der Waals surface area contributed by atoms with E-state index in [1.54, 1.807) is 11.8 Å². The van der Waals surface area contributed by atoms with Crippen molar-refractivity contribution in [2.24, 2.45) is 0 Å². The molecular weight excluding hydrogens is 296 g/mol. The van der Waals surface area contributed by atoms with E-state index in [2.05, 4.69) is 27.0 Å². The van der Waals surface area contributed by atoms with Gasteiger partial charge in [0.05, 0.1) is 0 Å². The number of hydrogen-bond acceptors (Lipinski definition) is 4. The van der Waals surface area contributed by atoms with Gasteiger partial charge in [-0.2, -0.15) is 0 Å². The van der Waals surface area contributed by atoms with Crippen molar-refractivity contribution in [3.8, 4) is 0 Å². The van der Waals surface area contributed by atoms with E-state index < -0.39 is 0 Å². The van der Waals surface area contributed by atoms with Crippen LogP contribution in [0, 0.1) is 0 Å². The van der Waals surface area contributed by atoms with Gasteiger partial charge in [0.25, 0.3) is 0 Å². The van der Waals surface area contributed by atoms with E-state index in [-0.39, 0.29) is 5.91 Å². The average molecular weight is 322 g/mol. The van der Waals surface area contributed by atoms with Crippen molar-refractivity contribution in [3.63, 3.8) is 0 Å². The van der Waals surface area contributed by atoms with Gasteiger partial charge in [0.1, 0.15) is 5.82 Å². The highest BCUT2D eigenvalue weighted by Gasteiger charge is 2.29. The normalized spacial score (nSPS) is 19.3. The molecule has 2 fully saturated rings. The summed E-state index contributed by atoms with van der Waals surface area (Å²) in [4.78, 5) is 12.0. The highest BCUT2D eigenvalue weighted by molar-refractivity contribution is 7.99. The lowest BCUT2D eigenvalue weighted by Gasteiger charge is -2.22. The Bertz CT molecular complexity index is 506. The molecule has 0 bridgehead atoms. The lowest BCUT2D eigenvalue weighted by molar-refractivity contribution is -0.121. The third-order valence-electron chi connectivity index (χ3n) is 4.53. The Morgan fingerprint density at radius 3 is 2.68 bits per heavy atom. The zero-order chi connectivity index (χ0) is 15.4. The maximum Gasteiger partial charge on any atom is 0.221 e. The van der Waals surface area contributed by atoms with Crippen LogP contribution in [0.2, 0.25) is 0 Å². The minimum atomic E-state index is 0.185. The van der Waals surface area contributed by atoms with Crippen molar-refractivity contribution in [1.82, 2.24) is 20.1 Å². The minimum Gasteiger partial charge on any atom is -0.353 e. The summed E-state index contributed by atoms with van der Waals surface area (Å²) in [7, 11) is 0. The molecule has 0 spiro atoms. The van der Waals surface area contributed by atoms with Gasteiger partial charge in [-0.05, 0) is 32.6 Å². The molecule has 1 aromatic rings. The van der Waals surface area contributed by atoms with Gasteiger partial charge < -0.3 is 9.88 Å². The number of carbonyl (C=O) groups excluding carboxylic acids is 1. The topological polar surface area (TPSA) is 59.8 Å². The van der Waals surface area contributed by atoms with Crippen LogP contribution in [0.4, 0.5) is 0 Å². The average Bonchev–Trinajstić information content (AvgIpc) is 3.29. The van der Waals surface area contributed by atoms with Crippen LogP contribution in [0.25, 0.3) is 0 Å². The van der Waals surface area contributed by atoms with Crippen LogP contribution >= 0.6 is 11.8 Å². The van der Waals surface area contributed by atoms with Crippen LogP contribution in [0.5, 0.6) is 0 Å². The van der Waals surface area contributed by atoms with E-state index in [1.807, 2.05) is 0 Å². The molecule has 0 saturated heterocycles.